The van der Waals surface area contributed by atoms with E-state index in [1.54, 1.807) is 31.0 Å². The van der Waals surface area contributed by atoms with Crippen molar-refractivity contribution in [1.82, 2.24) is 19.9 Å². The normalized spacial score (nSPS) is 20.3. The minimum absolute atomic E-state index is 0.159. The number of nitrogens with zero attached hydrogens (tertiary/aromatic N) is 4. The molecule has 1 aromatic carbocycles. The Hall–Kier alpha value is -2.96. The van der Waals surface area contributed by atoms with Crippen LogP contribution in [0.5, 0.6) is 5.75 Å². The lowest BCUT2D eigenvalue weighted by Crippen LogP contribution is -2.31. The summed E-state index contributed by atoms with van der Waals surface area (Å²) in [6, 6.07) is 4.05. The van der Waals surface area contributed by atoms with E-state index in [-0.39, 0.29) is 6.10 Å². The highest BCUT2D eigenvalue weighted by atomic mass is 16.5. The Kier molecular flexibility index (Phi) is 4.28. The molecule has 3 aromatic rings. The zero-order valence-electron chi connectivity index (χ0n) is 13.8. The van der Waals surface area contributed by atoms with Gasteiger partial charge in [-0.1, -0.05) is 0 Å². The van der Waals surface area contributed by atoms with Crippen LogP contribution in [0, 0.1) is 0 Å². The maximum Gasteiger partial charge on any atom is 0.149 e. The highest BCUT2D eigenvalue weighted by Gasteiger charge is 2.23. The number of ether oxygens (including phenoxy) is 1. The first-order valence-corrected chi connectivity index (χ1v) is 8.47. The Labute approximate surface area is 145 Å². The van der Waals surface area contributed by atoms with Crippen molar-refractivity contribution >= 4 is 22.5 Å². The molecule has 1 saturated carbocycles. The lowest BCUT2D eigenvalue weighted by atomic mass is 9.93. The second-order valence-electron chi connectivity index (χ2n) is 6.27. The number of nitrogens with two attached hydrogens (primary N) is 1. The molecule has 2 aromatic heterocycles. The zero-order chi connectivity index (χ0) is 17.1. The highest BCUT2D eigenvalue weighted by Crippen LogP contribution is 2.30. The molecule has 1 fully saturated rings. The van der Waals surface area contributed by atoms with Gasteiger partial charge in [0.15, 0.2) is 0 Å². The molecule has 0 unspecified atom stereocenters. The monoisotopic (exact) mass is 336 g/mol. The number of fused-ring (bicyclic) bond motifs is 1. The minimum Gasteiger partial charge on any atom is -0.488 e. The van der Waals surface area contributed by atoms with Crippen LogP contribution in [0.4, 0.5) is 11.5 Å². The standard InChI is InChI=1S/C18H20N6O/c19-12-9-15-18(23-8-7-21-15)16(10-12)25-14-3-1-13(2-4-14)24-17-11-20-5-6-22-17/h5-11,13-14H,1-4,19H2,(H,22,24). The van der Waals surface area contributed by atoms with Crippen molar-refractivity contribution in [3.8, 4) is 5.75 Å². The molecule has 2 heterocycles. The van der Waals surface area contributed by atoms with E-state index in [0.717, 1.165) is 42.5 Å². The molecule has 0 amide bonds. The molecular weight excluding hydrogens is 316 g/mol. The van der Waals surface area contributed by atoms with Crippen LogP contribution >= 0.6 is 0 Å². The van der Waals surface area contributed by atoms with E-state index in [2.05, 4.69) is 25.3 Å². The lowest BCUT2D eigenvalue weighted by Gasteiger charge is -2.30. The van der Waals surface area contributed by atoms with Crippen LogP contribution in [0.15, 0.2) is 43.1 Å². The first-order chi connectivity index (χ1) is 12.3. The van der Waals surface area contributed by atoms with Crippen molar-refractivity contribution in [1.29, 1.82) is 0 Å². The van der Waals surface area contributed by atoms with E-state index < -0.39 is 0 Å². The molecule has 0 radical (unpaired) electrons. The number of aromatic nitrogens is 4. The quantitative estimate of drug-likeness (QED) is 0.707. The molecular formula is C18H20N6O. The summed E-state index contributed by atoms with van der Waals surface area (Å²) >= 11 is 0. The summed E-state index contributed by atoms with van der Waals surface area (Å²) in [5.41, 5.74) is 8.13. The zero-order valence-corrected chi connectivity index (χ0v) is 13.8. The van der Waals surface area contributed by atoms with Gasteiger partial charge in [-0.2, -0.15) is 0 Å². The summed E-state index contributed by atoms with van der Waals surface area (Å²) < 4.78 is 6.21. The van der Waals surface area contributed by atoms with E-state index in [4.69, 9.17) is 10.5 Å². The van der Waals surface area contributed by atoms with E-state index in [1.165, 1.54) is 0 Å². The predicted octanol–water partition coefficient (Wildman–Crippen LogP) is 2.80. The van der Waals surface area contributed by atoms with E-state index in [1.807, 2.05) is 12.1 Å². The van der Waals surface area contributed by atoms with Crippen molar-refractivity contribution in [3.05, 3.63) is 43.1 Å². The van der Waals surface area contributed by atoms with Crippen LogP contribution in [0.25, 0.3) is 11.0 Å². The molecule has 0 atom stereocenters. The SMILES string of the molecule is Nc1cc(OC2CCC(Nc3cnccn3)CC2)c2nccnc2c1. The van der Waals surface area contributed by atoms with Gasteiger partial charge < -0.3 is 15.8 Å². The average molecular weight is 336 g/mol. The fraction of sp³-hybridized carbons (Fsp3) is 0.333. The molecule has 3 N–H and O–H groups in total. The van der Waals surface area contributed by atoms with E-state index >= 15 is 0 Å². The maximum atomic E-state index is 6.21. The van der Waals surface area contributed by atoms with Gasteiger partial charge in [0, 0.05) is 42.6 Å². The smallest absolute Gasteiger partial charge is 0.149 e. The van der Waals surface area contributed by atoms with Gasteiger partial charge in [0.25, 0.3) is 0 Å². The summed E-state index contributed by atoms with van der Waals surface area (Å²) in [7, 11) is 0. The summed E-state index contributed by atoms with van der Waals surface area (Å²) in [5, 5.41) is 3.43. The van der Waals surface area contributed by atoms with Gasteiger partial charge in [0.05, 0.1) is 17.8 Å². The molecule has 7 nitrogen and oxygen atoms in total. The molecule has 0 spiro atoms. The van der Waals surface area contributed by atoms with Gasteiger partial charge in [-0.25, -0.2) is 9.97 Å². The van der Waals surface area contributed by atoms with Gasteiger partial charge in [-0.15, -0.1) is 0 Å². The van der Waals surface area contributed by atoms with Crippen LogP contribution in [-0.2, 0) is 0 Å². The molecule has 25 heavy (non-hydrogen) atoms. The maximum absolute atomic E-state index is 6.21. The molecule has 7 heteroatoms. The molecule has 0 bridgehead atoms. The summed E-state index contributed by atoms with van der Waals surface area (Å²) in [4.78, 5) is 17.1. The van der Waals surface area contributed by atoms with Gasteiger partial charge in [-0.05, 0) is 31.7 Å². The average Bonchev–Trinajstić information content (AvgIpc) is 2.64. The van der Waals surface area contributed by atoms with Gasteiger partial charge in [0.1, 0.15) is 17.1 Å². The van der Waals surface area contributed by atoms with Gasteiger partial charge in [0.2, 0.25) is 0 Å². The first kappa shape index (κ1) is 15.6. The van der Waals surface area contributed by atoms with Crippen molar-refractivity contribution in [3.63, 3.8) is 0 Å². The second kappa shape index (κ2) is 6.88. The molecule has 0 aliphatic heterocycles. The summed E-state index contributed by atoms with van der Waals surface area (Å²) in [5.74, 6) is 1.54. The summed E-state index contributed by atoms with van der Waals surface area (Å²) in [6.07, 6.45) is 12.6. The van der Waals surface area contributed by atoms with Crippen LogP contribution in [0.1, 0.15) is 25.7 Å². The first-order valence-electron chi connectivity index (χ1n) is 8.47. The van der Waals surface area contributed by atoms with Crippen molar-refractivity contribution in [2.24, 2.45) is 0 Å². The highest BCUT2D eigenvalue weighted by molar-refractivity contribution is 5.84. The van der Waals surface area contributed by atoms with Crippen LogP contribution in [0.3, 0.4) is 0 Å². The lowest BCUT2D eigenvalue weighted by molar-refractivity contribution is 0.152. The Morgan fingerprint density at radius 1 is 0.960 bits per heavy atom. The summed E-state index contributed by atoms with van der Waals surface area (Å²) in [6.45, 7) is 0. The van der Waals surface area contributed by atoms with Gasteiger partial charge >= 0.3 is 0 Å². The Balaban J connectivity index is 1.41. The van der Waals surface area contributed by atoms with Crippen LogP contribution in [-0.4, -0.2) is 32.1 Å². The third kappa shape index (κ3) is 3.60. The minimum atomic E-state index is 0.159. The van der Waals surface area contributed by atoms with Crippen LogP contribution in [0.2, 0.25) is 0 Å². The van der Waals surface area contributed by atoms with Crippen molar-refractivity contribution in [2.75, 3.05) is 11.1 Å². The van der Waals surface area contributed by atoms with Gasteiger partial charge in [-0.3, -0.25) is 9.97 Å². The Bertz CT molecular complexity index is 849. The van der Waals surface area contributed by atoms with Crippen molar-refractivity contribution in [2.45, 2.75) is 37.8 Å². The number of rotatable bonds is 4. The molecule has 4 rings (SSSR count). The topological polar surface area (TPSA) is 98.8 Å². The molecule has 1 aliphatic rings. The van der Waals surface area contributed by atoms with Crippen LogP contribution < -0.4 is 15.8 Å². The fourth-order valence-corrected chi connectivity index (χ4v) is 3.24. The molecule has 1 aliphatic carbocycles. The molecule has 128 valence electrons. The fourth-order valence-electron chi connectivity index (χ4n) is 3.24. The number of nitrogen functional groups attached to an aromatic ring is 1. The third-order valence-corrected chi connectivity index (χ3v) is 4.44. The van der Waals surface area contributed by atoms with Crippen molar-refractivity contribution < 1.29 is 4.74 Å². The number of benzene rings is 1. The third-order valence-electron chi connectivity index (χ3n) is 4.44. The Morgan fingerprint density at radius 2 is 1.76 bits per heavy atom. The number of anilines is 2. The number of hydrogen-bond donors (Lipinski definition) is 2. The number of hydrogen-bond acceptors (Lipinski definition) is 7. The number of nitrogens with one attached hydrogen (secondary N) is 1. The largest absolute Gasteiger partial charge is 0.488 e. The Morgan fingerprint density at radius 3 is 2.56 bits per heavy atom. The van der Waals surface area contributed by atoms with E-state index in [9.17, 15) is 0 Å². The molecule has 0 saturated heterocycles. The second-order valence-corrected chi connectivity index (χ2v) is 6.27. The van der Waals surface area contributed by atoms with E-state index in [0.29, 0.717) is 17.5 Å². The predicted molar refractivity (Wildman–Crippen MR) is 96.3 cm³/mol.